The highest BCUT2D eigenvalue weighted by atomic mass is 32.2. The second kappa shape index (κ2) is 6.62. The quantitative estimate of drug-likeness (QED) is 0.740. The van der Waals surface area contributed by atoms with Crippen LogP contribution < -0.4 is 14.3 Å². The summed E-state index contributed by atoms with van der Waals surface area (Å²) in [6, 6.07) is 11.5. The molecule has 2 aromatic carbocycles. The van der Waals surface area contributed by atoms with Gasteiger partial charge in [0.25, 0.3) is 0 Å². The lowest BCUT2D eigenvalue weighted by Crippen LogP contribution is -2.27. The van der Waals surface area contributed by atoms with E-state index in [0.29, 0.717) is 16.0 Å². The van der Waals surface area contributed by atoms with Crippen LogP contribution in [-0.4, -0.2) is 20.1 Å². The number of rotatable bonds is 5. The SMILES string of the molecule is COc1ccccc1[C@@H](C)NS(=O)(=O)c1ccc2c(c1)sc(=O)n2C. The van der Waals surface area contributed by atoms with Gasteiger partial charge in [0.1, 0.15) is 5.75 Å². The average Bonchev–Trinajstić information content (AvgIpc) is 2.88. The zero-order valence-electron chi connectivity index (χ0n) is 14.0. The van der Waals surface area contributed by atoms with Crippen molar-refractivity contribution >= 4 is 31.6 Å². The summed E-state index contributed by atoms with van der Waals surface area (Å²) >= 11 is 1.03. The summed E-state index contributed by atoms with van der Waals surface area (Å²) in [4.78, 5) is 11.7. The third kappa shape index (κ3) is 3.33. The van der Waals surface area contributed by atoms with Gasteiger partial charge < -0.3 is 9.30 Å². The third-order valence-electron chi connectivity index (χ3n) is 4.01. The largest absolute Gasteiger partial charge is 0.496 e. The van der Waals surface area contributed by atoms with E-state index in [-0.39, 0.29) is 9.77 Å². The molecule has 0 spiro atoms. The summed E-state index contributed by atoms with van der Waals surface area (Å²) in [5.41, 5.74) is 1.46. The van der Waals surface area contributed by atoms with E-state index in [1.165, 1.54) is 16.7 Å². The first kappa shape index (κ1) is 17.7. The fourth-order valence-corrected chi connectivity index (χ4v) is 4.91. The lowest BCUT2D eigenvalue weighted by Gasteiger charge is -2.17. The first-order valence-corrected chi connectivity index (χ1v) is 9.88. The molecule has 6 nitrogen and oxygen atoms in total. The fraction of sp³-hybridized carbons (Fsp3) is 0.235. The molecule has 0 radical (unpaired) electrons. The van der Waals surface area contributed by atoms with Crippen LogP contribution >= 0.6 is 11.3 Å². The van der Waals surface area contributed by atoms with Crippen LogP contribution in [0, 0.1) is 0 Å². The second-order valence-electron chi connectivity index (χ2n) is 5.64. The number of para-hydroxylation sites is 1. The van der Waals surface area contributed by atoms with Crippen molar-refractivity contribution in [3.8, 4) is 5.75 Å². The number of hydrogen-bond donors (Lipinski definition) is 1. The van der Waals surface area contributed by atoms with Gasteiger partial charge >= 0.3 is 4.87 Å². The number of ether oxygens (including phenoxy) is 1. The minimum Gasteiger partial charge on any atom is -0.496 e. The molecule has 132 valence electrons. The fourth-order valence-electron chi connectivity index (χ4n) is 2.67. The molecule has 0 saturated carbocycles. The van der Waals surface area contributed by atoms with Gasteiger partial charge in [-0.05, 0) is 31.2 Å². The molecule has 0 fully saturated rings. The van der Waals surface area contributed by atoms with Gasteiger partial charge in [-0.3, -0.25) is 4.79 Å². The molecule has 1 aromatic heterocycles. The van der Waals surface area contributed by atoms with Gasteiger partial charge in [-0.25, -0.2) is 13.1 Å². The van der Waals surface area contributed by atoms with Crippen molar-refractivity contribution in [3.63, 3.8) is 0 Å². The van der Waals surface area contributed by atoms with Crippen LogP contribution in [0.25, 0.3) is 10.2 Å². The molecule has 25 heavy (non-hydrogen) atoms. The number of hydrogen-bond acceptors (Lipinski definition) is 5. The van der Waals surface area contributed by atoms with Crippen LogP contribution in [0.1, 0.15) is 18.5 Å². The number of nitrogens with zero attached hydrogens (tertiary/aromatic N) is 1. The molecule has 0 aliphatic carbocycles. The van der Waals surface area contributed by atoms with Crippen molar-refractivity contribution in [3.05, 3.63) is 57.7 Å². The molecule has 0 amide bonds. The Hall–Kier alpha value is -2.16. The molecule has 8 heteroatoms. The van der Waals surface area contributed by atoms with Gasteiger partial charge in [0.2, 0.25) is 10.0 Å². The number of aromatic nitrogens is 1. The van der Waals surface area contributed by atoms with Crippen LogP contribution in [0.15, 0.2) is 52.2 Å². The maximum Gasteiger partial charge on any atom is 0.307 e. The van der Waals surface area contributed by atoms with Gasteiger partial charge in [0, 0.05) is 18.7 Å². The van der Waals surface area contributed by atoms with E-state index in [0.717, 1.165) is 16.9 Å². The number of aryl methyl sites for hydroxylation is 1. The number of methoxy groups -OCH3 is 1. The van der Waals surface area contributed by atoms with Crippen LogP contribution in [-0.2, 0) is 17.1 Å². The first-order chi connectivity index (χ1) is 11.8. The standard InChI is InChI=1S/C17H18N2O4S2/c1-11(13-6-4-5-7-15(13)23-3)18-25(21,22)12-8-9-14-16(10-12)24-17(20)19(14)2/h4-11,18H,1-3H3/t11-/m1/s1. The summed E-state index contributed by atoms with van der Waals surface area (Å²) in [7, 11) is -0.527. The van der Waals surface area contributed by atoms with Gasteiger partial charge in [-0.15, -0.1) is 0 Å². The van der Waals surface area contributed by atoms with Crippen LogP contribution in [0.3, 0.4) is 0 Å². The van der Waals surface area contributed by atoms with Crippen molar-refractivity contribution in [2.75, 3.05) is 7.11 Å². The van der Waals surface area contributed by atoms with E-state index < -0.39 is 16.1 Å². The predicted octanol–water partition coefficient (Wildman–Crippen LogP) is 2.65. The highest BCUT2D eigenvalue weighted by Crippen LogP contribution is 2.27. The van der Waals surface area contributed by atoms with E-state index in [9.17, 15) is 13.2 Å². The highest BCUT2D eigenvalue weighted by molar-refractivity contribution is 7.89. The molecule has 0 bridgehead atoms. The van der Waals surface area contributed by atoms with Gasteiger partial charge in [-0.2, -0.15) is 0 Å². The highest BCUT2D eigenvalue weighted by Gasteiger charge is 2.21. The van der Waals surface area contributed by atoms with Crippen LogP contribution in [0.2, 0.25) is 0 Å². The first-order valence-electron chi connectivity index (χ1n) is 7.58. The Labute approximate surface area is 149 Å². The summed E-state index contributed by atoms with van der Waals surface area (Å²) in [6.45, 7) is 1.76. The van der Waals surface area contributed by atoms with E-state index in [2.05, 4.69) is 4.72 Å². The molecular formula is C17H18N2O4S2. The normalized spacial score (nSPS) is 13.1. The maximum atomic E-state index is 12.7. The molecule has 3 aromatic rings. The number of benzene rings is 2. The minimum absolute atomic E-state index is 0.125. The molecule has 1 atom stereocenters. The Bertz CT molecular complexity index is 1080. The molecule has 1 heterocycles. The monoisotopic (exact) mass is 378 g/mol. The van der Waals surface area contributed by atoms with E-state index in [4.69, 9.17) is 4.74 Å². The second-order valence-corrected chi connectivity index (χ2v) is 8.35. The van der Waals surface area contributed by atoms with Crippen LogP contribution in [0.5, 0.6) is 5.75 Å². The van der Waals surface area contributed by atoms with E-state index in [1.54, 1.807) is 33.2 Å². The Morgan fingerprint density at radius 2 is 1.92 bits per heavy atom. The Morgan fingerprint density at radius 1 is 1.20 bits per heavy atom. The van der Waals surface area contributed by atoms with E-state index >= 15 is 0 Å². The van der Waals surface area contributed by atoms with Gasteiger partial charge in [0.05, 0.1) is 22.2 Å². The maximum absolute atomic E-state index is 12.7. The number of fused-ring (bicyclic) bond motifs is 1. The third-order valence-corrected chi connectivity index (χ3v) is 6.55. The van der Waals surface area contributed by atoms with E-state index in [1.807, 2.05) is 18.2 Å². The van der Waals surface area contributed by atoms with Crippen molar-refractivity contribution in [1.82, 2.24) is 9.29 Å². The molecular weight excluding hydrogens is 360 g/mol. The molecule has 1 N–H and O–H groups in total. The average molecular weight is 378 g/mol. The smallest absolute Gasteiger partial charge is 0.307 e. The Kier molecular flexibility index (Phi) is 4.68. The van der Waals surface area contributed by atoms with Gasteiger partial charge in [0.15, 0.2) is 0 Å². The summed E-state index contributed by atoms with van der Waals surface area (Å²) in [5, 5.41) is 0. The zero-order chi connectivity index (χ0) is 18.2. The summed E-state index contributed by atoms with van der Waals surface area (Å²) in [6.07, 6.45) is 0. The topological polar surface area (TPSA) is 77.4 Å². The van der Waals surface area contributed by atoms with Crippen molar-refractivity contribution in [1.29, 1.82) is 0 Å². The molecule has 3 rings (SSSR count). The lowest BCUT2D eigenvalue weighted by atomic mass is 10.1. The lowest BCUT2D eigenvalue weighted by molar-refractivity contribution is 0.405. The van der Waals surface area contributed by atoms with Crippen molar-refractivity contribution in [2.45, 2.75) is 17.9 Å². The molecule has 0 aliphatic rings. The molecule has 0 saturated heterocycles. The summed E-state index contributed by atoms with van der Waals surface area (Å²) < 4.78 is 35.5. The van der Waals surface area contributed by atoms with Crippen molar-refractivity contribution < 1.29 is 13.2 Å². The molecule has 0 aliphatic heterocycles. The van der Waals surface area contributed by atoms with Crippen LogP contribution in [0.4, 0.5) is 0 Å². The predicted molar refractivity (Wildman–Crippen MR) is 98.8 cm³/mol. The number of sulfonamides is 1. The zero-order valence-corrected chi connectivity index (χ0v) is 15.6. The number of nitrogens with one attached hydrogen (secondary N) is 1. The Morgan fingerprint density at radius 3 is 2.64 bits per heavy atom. The molecule has 0 unspecified atom stereocenters. The van der Waals surface area contributed by atoms with Crippen molar-refractivity contribution in [2.24, 2.45) is 7.05 Å². The van der Waals surface area contributed by atoms with Gasteiger partial charge in [-0.1, -0.05) is 29.5 Å². The number of thiazole rings is 1. The summed E-state index contributed by atoms with van der Waals surface area (Å²) in [5.74, 6) is 0.620. The minimum atomic E-state index is -3.74. The Balaban J connectivity index is 1.95.